The van der Waals surface area contributed by atoms with Gasteiger partial charge in [0.05, 0.1) is 5.69 Å². The minimum absolute atomic E-state index is 0.305. The number of rotatable bonds is 1. The van der Waals surface area contributed by atoms with Gasteiger partial charge in [0.1, 0.15) is 0 Å². The molecule has 1 atom stereocenters. The number of aromatic nitrogens is 1. The molecule has 0 radical (unpaired) electrons. The van der Waals surface area contributed by atoms with Gasteiger partial charge in [-0.05, 0) is 79.2 Å². The molecule has 1 aromatic carbocycles. The van der Waals surface area contributed by atoms with E-state index in [0.717, 1.165) is 22.6 Å². The zero-order chi connectivity index (χ0) is 16.7. The lowest BCUT2D eigenvalue weighted by atomic mass is 9.76. The minimum Gasteiger partial charge on any atom is -0.317 e. The average Bonchev–Trinajstić information content (AvgIpc) is 2.72. The third kappa shape index (κ3) is 2.94. The van der Waals surface area contributed by atoms with Gasteiger partial charge < -0.3 is 5.32 Å². The van der Waals surface area contributed by atoms with Crippen LogP contribution in [-0.4, -0.2) is 18.1 Å². The highest BCUT2D eigenvalue weighted by atomic mass is 79.9. The van der Waals surface area contributed by atoms with E-state index < -0.39 is 0 Å². The molecular weight excluding hydrogens is 384 g/mol. The SMILES string of the molecule is Cc1cnc2c(c1)C=Cc1cc(Cl)cc(Br)c1C2C1CCNCC1. The van der Waals surface area contributed by atoms with Crippen LogP contribution < -0.4 is 5.32 Å². The third-order valence-corrected chi connectivity index (χ3v) is 5.99. The molecular formula is C20H20BrClN2. The second-order valence-corrected chi connectivity index (χ2v) is 8.07. The second-order valence-electron chi connectivity index (χ2n) is 6.78. The second kappa shape index (κ2) is 6.62. The summed E-state index contributed by atoms with van der Waals surface area (Å²) >= 11 is 10.1. The first kappa shape index (κ1) is 16.3. The number of benzene rings is 1. The Morgan fingerprint density at radius 3 is 2.67 bits per heavy atom. The molecule has 1 N–H and O–H groups in total. The van der Waals surface area contributed by atoms with Crippen molar-refractivity contribution in [2.75, 3.05) is 13.1 Å². The lowest BCUT2D eigenvalue weighted by molar-refractivity contribution is 0.338. The van der Waals surface area contributed by atoms with E-state index in [1.54, 1.807) is 0 Å². The summed E-state index contributed by atoms with van der Waals surface area (Å²) in [6.07, 6.45) is 8.73. The van der Waals surface area contributed by atoms with E-state index in [4.69, 9.17) is 16.6 Å². The largest absolute Gasteiger partial charge is 0.317 e. The highest BCUT2D eigenvalue weighted by molar-refractivity contribution is 9.10. The van der Waals surface area contributed by atoms with Crippen molar-refractivity contribution in [2.24, 2.45) is 5.92 Å². The maximum Gasteiger partial charge on any atom is 0.0554 e. The van der Waals surface area contributed by atoms with Gasteiger partial charge in [-0.3, -0.25) is 4.98 Å². The number of aryl methyl sites for hydroxylation is 1. The van der Waals surface area contributed by atoms with Gasteiger partial charge in [-0.15, -0.1) is 0 Å². The molecule has 0 amide bonds. The van der Waals surface area contributed by atoms with Crippen molar-refractivity contribution >= 4 is 39.7 Å². The summed E-state index contributed by atoms with van der Waals surface area (Å²) in [4.78, 5) is 4.87. The summed E-state index contributed by atoms with van der Waals surface area (Å²) < 4.78 is 1.09. The number of hydrogen-bond acceptors (Lipinski definition) is 2. The summed E-state index contributed by atoms with van der Waals surface area (Å²) in [7, 11) is 0. The highest BCUT2D eigenvalue weighted by Crippen LogP contribution is 2.45. The van der Waals surface area contributed by atoms with Crippen molar-refractivity contribution < 1.29 is 0 Å². The zero-order valence-electron chi connectivity index (χ0n) is 13.7. The lowest BCUT2D eigenvalue weighted by Gasteiger charge is -2.32. The average molecular weight is 404 g/mol. The lowest BCUT2D eigenvalue weighted by Crippen LogP contribution is -2.32. The van der Waals surface area contributed by atoms with Crippen molar-refractivity contribution in [2.45, 2.75) is 25.7 Å². The summed E-state index contributed by atoms with van der Waals surface area (Å²) in [5, 5.41) is 4.25. The van der Waals surface area contributed by atoms with Gasteiger partial charge in [0.15, 0.2) is 0 Å². The topological polar surface area (TPSA) is 24.9 Å². The molecule has 0 bridgehead atoms. The molecule has 4 rings (SSSR count). The normalized spacial score (nSPS) is 20.4. The number of nitrogens with zero attached hydrogens (tertiary/aromatic N) is 1. The summed E-state index contributed by atoms with van der Waals surface area (Å²) in [6.45, 7) is 4.26. The van der Waals surface area contributed by atoms with Crippen LogP contribution in [0.4, 0.5) is 0 Å². The third-order valence-electron chi connectivity index (χ3n) is 5.12. The van der Waals surface area contributed by atoms with Gasteiger partial charge in [0.25, 0.3) is 0 Å². The molecule has 1 aromatic heterocycles. The van der Waals surface area contributed by atoms with E-state index in [-0.39, 0.29) is 0 Å². The monoisotopic (exact) mass is 402 g/mol. The maximum atomic E-state index is 6.32. The summed E-state index contributed by atoms with van der Waals surface area (Å²) in [5.41, 5.74) is 6.17. The Balaban J connectivity index is 1.94. The molecule has 1 aliphatic heterocycles. The summed E-state index contributed by atoms with van der Waals surface area (Å²) in [6, 6.07) is 6.33. The molecule has 0 saturated carbocycles. The summed E-state index contributed by atoms with van der Waals surface area (Å²) in [5.74, 6) is 0.899. The predicted octanol–water partition coefficient (Wildman–Crippen LogP) is 5.42. The van der Waals surface area contributed by atoms with Crippen molar-refractivity contribution in [1.29, 1.82) is 0 Å². The smallest absolute Gasteiger partial charge is 0.0554 e. The first-order valence-corrected chi connectivity index (χ1v) is 9.65. The molecule has 2 aliphatic rings. The van der Waals surface area contributed by atoms with Crippen molar-refractivity contribution in [3.05, 3.63) is 61.8 Å². The highest BCUT2D eigenvalue weighted by Gasteiger charge is 2.33. The van der Waals surface area contributed by atoms with Gasteiger partial charge in [-0.2, -0.15) is 0 Å². The fraction of sp³-hybridized carbons (Fsp3) is 0.350. The Hall–Kier alpha value is -1.16. The molecule has 1 unspecified atom stereocenters. The van der Waals surface area contributed by atoms with Gasteiger partial charge in [0.2, 0.25) is 0 Å². The van der Waals surface area contributed by atoms with E-state index in [9.17, 15) is 0 Å². The van der Waals surface area contributed by atoms with E-state index in [2.05, 4.69) is 52.5 Å². The van der Waals surface area contributed by atoms with Gasteiger partial charge in [-0.1, -0.05) is 39.7 Å². The van der Waals surface area contributed by atoms with Crippen LogP contribution in [0.3, 0.4) is 0 Å². The Kier molecular flexibility index (Phi) is 4.50. The van der Waals surface area contributed by atoms with Crippen LogP contribution in [0.15, 0.2) is 28.9 Å². The van der Waals surface area contributed by atoms with Crippen LogP contribution in [-0.2, 0) is 0 Å². The van der Waals surface area contributed by atoms with E-state index in [1.807, 2.05) is 12.3 Å². The molecule has 2 heterocycles. The molecule has 1 saturated heterocycles. The van der Waals surface area contributed by atoms with E-state index in [1.165, 1.54) is 40.8 Å². The van der Waals surface area contributed by atoms with Crippen LogP contribution in [0.25, 0.3) is 12.2 Å². The molecule has 1 fully saturated rings. The number of nitrogens with one attached hydrogen (secondary N) is 1. The first-order chi connectivity index (χ1) is 11.6. The van der Waals surface area contributed by atoms with Crippen LogP contribution in [0.1, 0.15) is 46.7 Å². The zero-order valence-corrected chi connectivity index (χ0v) is 16.0. The van der Waals surface area contributed by atoms with Crippen molar-refractivity contribution in [3.8, 4) is 0 Å². The minimum atomic E-state index is 0.305. The molecule has 124 valence electrons. The standard InChI is InChI=1S/C20H20BrClN2/c1-12-8-15-3-2-14-9-16(22)10-17(21)18(14)19(20(15)24-11-12)13-4-6-23-7-5-13/h2-3,8-11,13,19,23H,4-7H2,1H3. The molecule has 2 aromatic rings. The van der Waals surface area contributed by atoms with Crippen molar-refractivity contribution in [1.82, 2.24) is 10.3 Å². The Labute approximate surface area is 156 Å². The maximum absolute atomic E-state index is 6.32. The van der Waals surface area contributed by atoms with Gasteiger partial charge in [-0.25, -0.2) is 0 Å². The molecule has 4 heteroatoms. The van der Waals surface area contributed by atoms with Crippen LogP contribution in [0, 0.1) is 12.8 Å². The van der Waals surface area contributed by atoms with Gasteiger partial charge >= 0.3 is 0 Å². The molecule has 2 nitrogen and oxygen atoms in total. The number of piperidine rings is 1. The predicted molar refractivity (Wildman–Crippen MR) is 104 cm³/mol. The Morgan fingerprint density at radius 1 is 1.12 bits per heavy atom. The Morgan fingerprint density at radius 2 is 1.88 bits per heavy atom. The Bertz CT molecular complexity index is 810. The fourth-order valence-electron chi connectivity index (χ4n) is 4.02. The van der Waals surface area contributed by atoms with Crippen molar-refractivity contribution in [3.63, 3.8) is 0 Å². The first-order valence-electron chi connectivity index (χ1n) is 8.48. The van der Waals surface area contributed by atoms with Gasteiger partial charge in [0, 0.05) is 21.6 Å². The number of hydrogen-bond donors (Lipinski definition) is 1. The van der Waals surface area contributed by atoms with E-state index in [0.29, 0.717) is 11.8 Å². The quantitative estimate of drug-likeness (QED) is 0.687. The van der Waals surface area contributed by atoms with E-state index >= 15 is 0 Å². The number of halogens is 2. The van der Waals surface area contributed by atoms with Crippen LogP contribution in [0.5, 0.6) is 0 Å². The van der Waals surface area contributed by atoms with Crippen LogP contribution in [0.2, 0.25) is 5.02 Å². The van der Waals surface area contributed by atoms with Crippen LogP contribution >= 0.6 is 27.5 Å². The number of pyridine rings is 1. The fourth-order valence-corrected chi connectivity index (χ4v) is 5.10. The number of fused-ring (bicyclic) bond motifs is 2. The molecule has 24 heavy (non-hydrogen) atoms. The molecule has 1 aliphatic carbocycles. The molecule has 0 spiro atoms.